The fourth-order valence-electron chi connectivity index (χ4n) is 3.31. The third kappa shape index (κ3) is 6.61. The first-order valence-electron chi connectivity index (χ1n) is 9.65. The van der Waals surface area contributed by atoms with Crippen molar-refractivity contribution in [3.8, 4) is 5.75 Å². The summed E-state index contributed by atoms with van der Waals surface area (Å²) in [6.07, 6.45) is 2.21. The van der Waals surface area contributed by atoms with Crippen LogP contribution in [0.4, 0.5) is 4.39 Å². The van der Waals surface area contributed by atoms with Crippen LogP contribution in [0.25, 0.3) is 0 Å². The average Bonchev–Trinajstić information content (AvgIpc) is 2.70. The molecule has 0 saturated carbocycles. The van der Waals surface area contributed by atoms with Crippen LogP contribution in [-0.4, -0.2) is 44.4 Å². The summed E-state index contributed by atoms with van der Waals surface area (Å²) < 4.78 is 24.3. The van der Waals surface area contributed by atoms with E-state index in [9.17, 15) is 4.39 Å². The molecule has 0 amide bonds. The number of likely N-dealkylation sites (N-methyl/N-ethyl adjacent to an activating group) is 1. The van der Waals surface area contributed by atoms with Crippen LogP contribution in [0, 0.1) is 5.82 Å². The van der Waals surface area contributed by atoms with Crippen molar-refractivity contribution < 1.29 is 13.9 Å². The van der Waals surface area contributed by atoms with Crippen molar-refractivity contribution >= 4 is 0 Å². The van der Waals surface area contributed by atoms with Gasteiger partial charge in [-0.1, -0.05) is 24.3 Å². The lowest BCUT2D eigenvalue weighted by atomic mass is 10.1. The number of ether oxygens (including phenoxy) is 2. The lowest BCUT2D eigenvalue weighted by Crippen LogP contribution is -2.38. The van der Waals surface area contributed by atoms with Crippen LogP contribution in [0.1, 0.15) is 24.0 Å². The minimum Gasteiger partial charge on any atom is -0.492 e. The first-order valence-corrected chi connectivity index (χ1v) is 9.65. The summed E-state index contributed by atoms with van der Waals surface area (Å²) in [5.41, 5.74) is 2.24. The summed E-state index contributed by atoms with van der Waals surface area (Å²) >= 11 is 0. The third-order valence-corrected chi connectivity index (χ3v) is 5.00. The molecule has 1 N–H and O–H groups in total. The first kappa shape index (κ1) is 19.8. The van der Waals surface area contributed by atoms with Crippen molar-refractivity contribution in [3.63, 3.8) is 0 Å². The van der Waals surface area contributed by atoms with Gasteiger partial charge in [-0.15, -0.1) is 0 Å². The SMILES string of the molecule is CN(CCOc1cccc(CNCc2ccc(F)cc2)c1)C1CCOCC1. The van der Waals surface area contributed by atoms with Gasteiger partial charge < -0.3 is 14.8 Å². The maximum atomic E-state index is 12.9. The zero-order valence-electron chi connectivity index (χ0n) is 16.0. The number of nitrogens with zero attached hydrogens (tertiary/aromatic N) is 1. The van der Waals surface area contributed by atoms with Gasteiger partial charge in [0.25, 0.3) is 0 Å². The lowest BCUT2D eigenvalue weighted by molar-refractivity contribution is 0.0392. The van der Waals surface area contributed by atoms with E-state index in [1.54, 1.807) is 12.1 Å². The highest BCUT2D eigenvalue weighted by Gasteiger charge is 2.17. The van der Waals surface area contributed by atoms with Crippen molar-refractivity contribution in [1.82, 2.24) is 10.2 Å². The molecule has 1 saturated heterocycles. The minimum absolute atomic E-state index is 0.203. The van der Waals surface area contributed by atoms with E-state index < -0.39 is 0 Å². The van der Waals surface area contributed by atoms with Crippen LogP contribution in [0.5, 0.6) is 5.75 Å². The van der Waals surface area contributed by atoms with Gasteiger partial charge in [0.15, 0.2) is 0 Å². The Kier molecular flexibility index (Phi) is 7.63. The third-order valence-electron chi connectivity index (χ3n) is 5.00. The van der Waals surface area contributed by atoms with Crippen LogP contribution in [0.2, 0.25) is 0 Å². The molecule has 1 fully saturated rings. The van der Waals surface area contributed by atoms with E-state index in [1.807, 2.05) is 12.1 Å². The quantitative estimate of drug-likeness (QED) is 0.729. The average molecular weight is 372 g/mol. The zero-order chi connectivity index (χ0) is 18.9. The fourth-order valence-corrected chi connectivity index (χ4v) is 3.31. The molecule has 27 heavy (non-hydrogen) atoms. The first-order chi connectivity index (χ1) is 13.2. The van der Waals surface area contributed by atoms with E-state index in [-0.39, 0.29) is 5.82 Å². The second-order valence-electron chi connectivity index (χ2n) is 7.05. The molecule has 2 aromatic rings. The predicted octanol–water partition coefficient (Wildman–Crippen LogP) is 3.61. The summed E-state index contributed by atoms with van der Waals surface area (Å²) in [5, 5.41) is 3.38. The van der Waals surface area contributed by atoms with Gasteiger partial charge in [0.05, 0.1) is 0 Å². The summed E-state index contributed by atoms with van der Waals surface area (Å²) in [7, 11) is 2.16. The maximum absolute atomic E-state index is 12.9. The fraction of sp³-hybridized carbons (Fsp3) is 0.455. The number of nitrogens with one attached hydrogen (secondary N) is 1. The molecule has 5 heteroatoms. The van der Waals surface area contributed by atoms with Crippen LogP contribution in [-0.2, 0) is 17.8 Å². The molecule has 146 valence electrons. The molecule has 0 spiro atoms. The highest BCUT2D eigenvalue weighted by atomic mass is 19.1. The topological polar surface area (TPSA) is 33.7 Å². The summed E-state index contributed by atoms with van der Waals surface area (Å²) in [6.45, 7) is 4.78. The Balaban J connectivity index is 1.39. The molecule has 4 nitrogen and oxygen atoms in total. The van der Waals surface area contributed by atoms with Crippen LogP contribution in [0.3, 0.4) is 0 Å². The molecule has 0 unspecified atom stereocenters. The number of hydrogen-bond donors (Lipinski definition) is 1. The Bertz CT molecular complexity index is 687. The summed E-state index contributed by atoms with van der Waals surface area (Å²) in [5.74, 6) is 0.697. The standard InChI is InChI=1S/C22H29FN2O2/c1-25(21-9-12-26-13-10-21)11-14-27-22-4-2-3-19(15-22)17-24-16-18-5-7-20(23)8-6-18/h2-8,15,21,24H,9-14,16-17H2,1H3. The maximum Gasteiger partial charge on any atom is 0.123 e. The van der Waals surface area contributed by atoms with Crippen LogP contribution < -0.4 is 10.1 Å². The van der Waals surface area contributed by atoms with Gasteiger partial charge in [0.1, 0.15) is 18.2 Å². The van der Waals surface area contributed by atoms with Crippen molar-refractivity contribution in [3.05, 3.63) is 65.5 Å². The Hall–Kier alpha value is -1.95. The monoisotopic (exact) mass is 372 g/mol. The number of halogens is 1. The molecule has 0 aliphatic carbocycles. The van der Waals surface area contributed by atoms with E-state index in [1.165, 1.54) is 17.7 Å². The Morgan fingerprint density at radius 3 is 2.59 bits per heavy atom. The van der Waals surface area contributed by atoms with Gasteiger partial charge in [0, 0.05) is 38.9 Å². The molecule has 0 radical (unpaired) electrons. The second-order valence-corrected chi connectivity index (χ2v) is 7.05. The zero-order valence-corrected chi connectivity index (χ0v) is 16.0. The highest BCUT2D eigenvalue weighted by molar-refractivity contribution is 5.28. The van der Waals surface area contributed by atoms with Gasteiger partial charge in [0.2, 0.25) is 0 Å². The molecule has 1 heterocycles. The molecule has 1 aliphatic rings. The number of rotatable bonds is 9. The lowest BCUT2D eigenvalue weighted by Gasteiger charge is -2.31. The largest absolute Gasteiger partial charge is 0.492 e. The highest BCUT2D eigenvalue weighted by Crippen LogP contribution is 2.15. The summed E-state index contributed by atoms with van der Waals surface area (Å²) in [4.78, 5) is 2.37. The molecule has 3 rings (SSSR count). The summed E-state index contributed by atoms with van der Waals surface area (Å²) in [6, 6.07) is 15.4. The smallest absolute Gasteiger partial charge is 0.123 e. The molecule has 0 atom stereocenters. The van der Waals surface area contributed by atoms with Gasteiger partial charge in [-0.25, -0.2) is 4.39 Å². The van der Waals surface area contributed by atoms with Crippen molar-refractivity contribution in [2.45, 2.75) is 32.0 Å². The van der Waals surface area contributed by atoms with Gasteiger partial charge >= 0.3 is 0 Å². The van der Waals surface area contributed by atoms with Gasteiger partial charge in [-0.2, -0.15) is 0 Å². The molecule has 0 aromatic heterocycles. The van der Waals surface area contributed by atoms with E-state index in [0.29, 0.717) is 19.2 Å². The van der Waals surface area contributed by atoms with E-state index in [4.69, 9.17) is 9.47 Å². The molecule has 0 bridgehead atoms. The number of hydrogen-bond acceptors (Lipinski definition) is 4. The van der Waals surface area contributed by atoms with E-state index in [2.05, 4.69) is 29.4 Å². The van der Waals surface area contributed by atoms with Crippen molar-refractivity contribution in [2.24, 2.45) is 0 Å². The predicted molar refractivity (Wildman–Crippen MR) is 105 cm³/mol. The van der Waals surface area contributed by atoms with E-state index >= 15 is 0 Å². The van der Waals surface area contributed by atoms with Crippen molar-refractivity contribution in [1.29, 1.82) is 0 Å². The van der Waals surface area contributed by atoms with Crippen LogP contribution in [0.15, 0.2) is 48.5 Å². The minimum atomic E-state index is -0.203. The second kappa shape index (κ2) is 10.4. The van der Waals surface area contributed by atoms with Gasteiger partial charge in [-0.05, 0) is 55.3 Å². The number of benzene rings is 2. The van der Waals surface area contributed by atoms with Crippen LogP contribution >= 0.6 is 0 Å². The Morgan fingerprint density at radius 2 is 1.81 bits per heavy atom. The normalized spacial score (nSPS) is 15.2. The molecule has 2 aromatic carbocycles. The molecule has 1 aliphatic heterocycles. The molecular formula is C22H29FN2O2. The van der Waals surface area contributed by atoms with Crippen molar-refractivity contribution in [2.75, 3.05) is 33.4 Å². The van der Waals surface area contributed by atoms with E-state index in [0.717, 1.165) is 50.5 Å². The Morgan fingerprint density at radius 1 is 1.07 bits per heavy atom. The Labute approximate surface area is 161 Å². The van der Waals surface area contributed by atoms with Gasteiger partial charge in [-0.3, -0.25) is 4.90 Å². The molecular weight excluding hydrogens is 343 g/mol.